The van der Waals surface area contributed by atoms with E-state index in [1.54, 1.807) is 7.11 Å². The Labute approximate surface area is 148 Å². The van der Waals surface area contributed by atoms with Crippen LogP contribution in [0.3, 0.4) is 0 Å². The molecule has 0 radical (unpaired) electrons. The van der Waals surface area contributed by atoms with Crippen molar-refractivity contribution < 1.29 is 14.3 Å². The summed E-state index contributed by atoms with van der Waals surface area (Å²) in [5, 5.41) is 0. The molecule has 0 bridgehead atoms. The van der Waals surface area contributed by atoms with Crippen LogP contribution in [-0.4, -0.2) is 60.4 Å². The fourth-order valence-electron chi connectivity index (χ4n) is 4.12. The highest BCUT2D eigenvalue weighted by atomic mass is 16.5. The van der Waals surface area contributed by atoms with Crippen molar-refractivity contribution in [2.24, 2.45) is 5.73 Å². The van der Waals surface area contributed by atoms with Crippen molar-refractivity contribution in [3.63, 3.8) is 0 Å². The van der Waals surface area contributed by atoms with E-state index in [1.807, 2.05) is 35.2 Å². The number of hydrogen-bond donors (Lipinski definition) is 1. The second kappa shape index (κ2) is 7.97. The Bertz CT molecular complexity index is 599. The zero-order valence-electron chi connectivity index (χ0n) is 14.8. The Hall–Kier alpha value is -1.92. The molecule has 1 aromatic carbocycles. The van der Waals surface area contributed by atoms with Gasteiger partial charge in [-0.05, 0) is 37.8 Å². The van der Waals surface area contributed by atoms with Crippen molar-refractivity contribution in [3.05, 3.63) is 35.9 Å². The minimum Gasteiger partial charge on any atom is -0.368 e. The lowest BCUT2D eigenvalue weighted by Gasteiger charge is -2.39. The Morgan fingerprint density at radius 3 is 2.40 bits per heavy atom. The number of carbonyl (C=O) groups is 2. The highest BCUT2D eigenvalue weighted by Gasteiger charge is 2.37. The number of nitrogens with two attached hydrogens (primary N) is 1. The van der Waals surface area contributed by atoms with Gasteiger partial charge in [-0.15, -0.1) is 0 Å². The molecule has 3 rings (SSSR count). The molecular weight excluding hydrogens is 318 g/mol. The number of benzene rings is 1. The SMILES string of the molecule is CO[C@H](C(=O)N1CCC(N2CCC[C@@H]2C(N)=O)CC1)c1ccccc1. The summed E-state index contributed by atoms with van der Waals surface area (Å²) in [6.07, 6.45) is 3.07. The number of methoxy groups -OCH3 is 1. The number of carbonyl (C=O) groups excluding carboxylic acids is 2. The molecule has 2 N–H and O–H groups in total. The maximum Gasteiger partial charge on any atom is 0.256 e. The van der Waals surface area contributed by atoms with Crippen molar-refractivity contribution in [1.29, 1.82) is 0 Å². The normalized spacial score (nSPS) is 23.6. The highest BCUT2D eigenvalue weighted by molar-refractivity contribution is 5.82. The Balaban J connectivity index is 1.60. The fourth-order valence-corrected chi connectivity index (χ4v) is 4.12. The molecule has 0 unspecified atom stereocenters. The summed E-state index contributed by atoms with van der Waals surface area (Å²) in [7, 11) is 1.57. The lowest BCUT2D eigenvalue weighted by Crippen LogP contribution is -2.51. The molecule has 0 aromatic heterocycles. The van der Waals surface area contributed by atoms with Crippen LogP contribution in [0.1, 0.15) is 37.4 Å². The summed E-state index contributed by atoms with van der Waals surface area (Å²) in [4.78, 5) is 28.6. The smallest absolute Gasteiger partial charge is 0.256 e. The molecule has 6 heteroatoms. The first-order valence-corrected chi connectivity index (χ1v) is 9.03. The van der Waals surface area contributed by atoms with Crippen molar-refractivity contribution in [3.8, 4) is 0 Å². The number of piperidine rings is 1. The van der Waals surface area contributed by atoms with Crippen molar-refractivity contribution in [2.45, 2.75) is 43.9 Å². The zero-order valence-corrected chi connectivity index (χ0v) is 14.8. The number of primary amides is 1. The second-order valence-electron chi connectivity index (χ2n) is 6.88. The van der Waals surface area contributed by atoms with Crippen LogP contribution in [0.25, 0.3) is 0 Å². The second-order valence-corrected chi connectivity index (χ2v) is 6.88. The first kappa shape index (κ1) is 17.9. The van der Waals surface area contributed by atoms with E-state index in [2.05, 4.69) is 4.90 Å². The molecule has 2 atom stereocenters. The van der Waals surface area contributed by atoms with Gasteiger partial charge < -0.3 is 15.4 Å². The van der Waals surface area contributed by atoms with E-state index in [-0.39, 0.29) is 17.9 Å². The molecule has 2 heterocycles. The third-order valence-corrected chi connectivity index (χ3v) is 5.43. The average molecular weight is 345 g/mol. The summed E-state index contributed by atoms with van der Waals surface area (Å²) in [6.45, 7) is 2.31. The molecule has 1 aromatic rings. The van der Waals surface area contributed by atoms with Crippen molar-refractivity contribution >= 4 is 11.8 Å². The Morgan fingerprint density at radius 1 is 1.12 bits per heavy atom. The van der Waals surface area contributed by atoms with Gasteiger partial charge in [0.1, 0.15) is 0 Å². The van der Waals surface area contributed by atoms with Crippen LogP contribution in [0.4, 0.5) is 0 Å². The quantitative estimate of drug-likeness (QED) is 0.873. The third kappa shape index (κ3) is 3.85. The third-order valence-electron chi connectivity index (χ3n) is 5.43. The van der Waals surface area contributed by atoms with Crippen molar-refractivity contribution in [2.75, 3.05) is 26.7 Å². The van der Waals surface area contributed by atoms with E-state index in [0.717, 1.165) is 37.8 Å². The molecule has 2 saturated heterocycles. The van der Waals surface area contributed by atoms with E-state index >= 15 is 0 Å². The van der Waals surface area contributed by atoms with Gasteiger partial charge in [0.25, 0.3) is 5.91 Å². The average Bonchev–Trinajstić information content (AvgIpc) is 3.13. The number of nitrogens with zero attached hydrogens (tertiary/aromatic N) is 2. The predicted molar refractivity (Wildman–Crippen MR) is 94.7 cm³/mol. The number of likely N-dealkylation sites (tertiary alicyclic amines) is 2. The largest absolute Gasteiger partial charge is 0.368 e. The fraction of sp³-hybridized carbons (Fsp3) is 0.579. The van der Waals surface area contributed by atoms with Gasteiger partial charge in [0.15, 0.2) is 6.10 Å². The Kier molecular flexibility index (Phi) is 5.71. The van der Waals surface area contributed by atoms with Gasteiger partial charge in [-0.3, -0.25) is 14.5 Å². The lowest BCUT2D eigenvalue weighted by atomic mass is 10.0. The van der Waals surface area contributed by atoms with E-state index in [4.69, 9.17) is 10.5 Å². The van der Waals surface area contributed by atoms with Gasteiger partial charge in [-0.2, -0.15) is 0 Å². The van der Waals surface area contributed by atoms with Gasteiger partial charge in [-0.1, -0.05) is 30.3 Å². The van der Waals surface area contributed by atoms with Gasteiger partial charge in [0.2, 0.25) is 5.91 Å². The molecule has 0 aliphatic carbocycles. The molecule has 2 fully saturated rings. The maximum absolute atomic E-state index is 12.8. The van der Waals surface area contributed by atoms with E-state index in [1.165, 1.54) is 0 Å². The van der Waals surface area contributed by atoms with E-state index in [9.17, 15) is 9.59 Å². The van der Waals surface area contributed by atoms with E-state index in [0.29, 0.717) is 19.1 Å². The number of amides is 2. The monoisotopic (exact) mass is 345 g/mol. The van der Waals surface area contributed by atoms with Gasteiger partial charge in [0, 0.05) is 26.2 Å². The summed E-state index contributed by atoms with van der Waals surface area (Å²) >= 11 is 0. The molecule has 0 saturated carbocycles. The number of rotatable bonds is 5. The summed E-state index contributed by atoms with van der Waals surface area (Å²) in [5.74, 6) is -0.209. The topological polar surface area (TPSA) is 75.9 Å². The van der Waals surface area contributed by atoms with Crippen LogP contribution >= 0.6 is 0 Å². The van der Waals surface area contributed by atoms with Crippen LogP contribution in [0.2, 0.25) is 0 Å². The number of ether oxygens (including phenoxy) is 1. The molecule has 2 aliphatic heterocycles. The lowest BCUT2D eigenvalue weighted by molar-refractivity contribution is -0.144. The van der Waals surface area contributed by atoms with Crippen LogP contribution in [0, 0.1) is 0 Å². The van der Waals surface area contributed by atoms with E-state index < -0.39 is 6.10 Å². The molecule has 25 heavy (non-hydrogen) atoms. The van der Waals surface area contributed by atoms with Crippen LogP contribution in [0.15, 0.2) is 30.3 Å². The predicted octanol–water partition coefficient (Wildman–Crippen LogP) is 1.31. The van der Waals surface area contributed by atoms with Crippen LogP contribution < -0.4 is 5.73 Å². The Morgan fingerprint density at radius 2 is 1.80 bits per heavy atom. The minimum absolute atomic E-state index is 0.0139. The zero-order chi connectivity index (χ0) is 17.8. The van der Waals surface area contributed by atoms with Gasteiger partial charge in [-0.25, -0.2) is 0 Å². The molecule has 136 valence electrons. The maximum atomic E-state index is 12.8. The first-order valence-electron chi connectivity index (χ1n) is 9.03. The standard InChI is InChI=1S/C19H27N3O3/c1-25-17(14-6-3-2-4-7-14)19(24)21-12-9-15(10-13-21)22-11-5-8-16(22)18(20)23/h2-4,6-7,15-17H,5,8-13H2,1H3,(H2,20,23)/t16-,17+/m1/s1. The number of hydrogen-bond acceptors (Lipinski definition) is 4. The molecule has 2 aliphatic rings. The first-order chi connectivity index (χ1) is 12.1. The molecule has 0 spiro atoms. The molecule has 2 amide bonds. The summed E-state index contributed by atoms with van der Waals surface area (Å²) in [5.41, 5.74) is 6.41. The highest BCUT2D eigenvalue weighted by Crippen LogP contribution is 2.27. The molecular formula is C19H27N3O3. The molecule has 6 nitrogen and oxygen atoms in total. The van der Waals surface area contributed by atoms with Crippen LogP contribution in [-0.2, 0) is 14.3 Å². The van der Waals surface area contributed by atoms with Crippen molar-refractivity contribution in [1.82, 2.24) is 9.80 Å². The summed E-state index contributed by atoms with van der Waals surface area (Å²) < 4.78 is 5.46. The van der Waals surface area contributed by atoms with Crippen LogP contribution in [0.5, 0.6) is 0 Å². The summed E-state index contributed by atoms with van der Waals surface area (Å²) in [6, 6.07) is 9.79. The van der Waals surface area contributed by atoms with Gasteiger partial charge >= 0.3 is 0 Å². The minimum atomic E-state index is -0.553. The van der Waals surface area contributed by atoms with Gasteiger partial charge in [0.05, 0.1) is 6.04 Å².